The smallest absolute Gasteiger partial charge is 0.101 e. The van der Waals surface area contributed by atoms with Gasteiger partial charge in [0.2, 0.25) is 0 Å². The lowest BCUT2D eigenvalue weighted by Crippen LogP contribution is -2.26. The highest BCUT2D eigenvalue weighted by Crippen LogP contribution is 2.70. The van der Waals surface area contributed by atoms with Crippen LogP contribution in [0, 0.1) is 0 Å². The molecule has 0 aromatic rings. The highest BCUT2D eigenvalue weighted by molar-refractivity contribution is 7.81. The fourth-order valence-electron chi connectivity index (χ4n) is 5.11. The molecule has 2 aliphatic rings. The fraction of sp³-hybridized carbons (Fsp3) is 1.00. The number of hydrogen-bond acceptors (Lipinski definition) is 2. The second kappa shape index (κ2) is 10.7. The van der Waals surface area contributed by atoms with Gasteiger partial charge in [0.15, 0.2) is 0 Å². The van der Waals surface area contributed by atoms with Gasteiger partial charge < -0.3 is 9.13 Å². The Hall–Kier alpha value is 0.460. The van der Waals surface area contributed by atoms with Crippen LogP contribution in [0.1, 0.15) is 104 Å². The Morgan fingerprint density at radius 3 is 1.44 bits per heavy atom. The Morgan fingerprint density at radius 2 is 1.08 bits per heavy atom. The van der Waals surface area contributed by atoms with E-state index < -0.39 is 14.3 Å². The SMILES string of the molecule is CCCCP(=O)(CCCC)CP(=O)(C1CCCCC1)C1CCCCC1. The van der Waals surface area contributed by atoms with Crippen LogP contribution in [-0.4, -0.2) is 29.5 Å². The molecule has 2 fully saturated rings. The average molecular weight is 389 g/mol. The Bertz CT molecular complexity index is 429. The topological polar surface area (TPSA) is 34.1 Å². The molecule has 0 atom stereocenters. The molecular weight excluding hydrogens is 346 g/mol. The standard InChI is InChI=1S/C21H42O2P2/c1-3-5-17-24(22,18-6-4-2)19-25(23,20-13-9-7-10-14-20)21-15-11-8-12-16-21/h20-21H,3-19H2,1-2H3. The van der Waals surface area contributed by atoms with Crippen molar-refractivity contribution in [2.24, 2.45) is 0 Å². The van der Waals surface area contributed by atoms with Gasteiger partial charge in [-0.25, -0.2) is 0 Å². The van der Waals surface area contributed by atoms with Gasteiger partial charge in [0.1, 0.15) is 7.14 Å². The summed E-state index contributed by atoms with van der Waals surface area (Å²) in [7, 11) is -4.61. The van der Waals surface area contributed by atoms with Crippen molar-refractivity contribution >= 4 is 14.3 Å². The molecule has 25 heavy (non-hydrogen) atoms. The van der Waals surface area contributed by atoms with E-state index in [1.807, 2.05) is 0 Å². The largest absolute Gasteiger partial charge is 0.323 e. The van der Waals surface area contributed by atoms with E-state index in [2.05, 4.69) is 13.8 Å². The summed E-state index contributed by atoms with van der Waals surface area (Å²) in [6, 6.07) is 0. The Morgan fingerprint density at radius 1 is 0.680 bits per heavy atom. The van der Waals surface area contributed by atoms with Crippen LogP contribution >= 0.6 is 14.3 Å². The predicted molar refractivity (Wildman–Crippen MR) is 113 cm³/mol. The molecule has 0 radical (unpaired) electrons. The monoisotopic (exact) mass is 388 g/mol. The number of unbranched alkanes of at least 4 members (excludes halogenated alkanes) is 2. The summed E-state index contributed by atoms with van der Waals surface area (Å²) in [6.45, 7) is 4.37. The van der Waals surface area contributed by atoms with Gasteiger partial charge >= 0.3 is 0 Å². The Balaban J connectivity index is 2.22. The summed E-state index contributed by atoms with van der Waals surface area (Å²) in [5.74, 6) is 0.634. The van der Waals surface area contributed by atoms with E-state index in [1.54, 1.807) is 0 Å². The first-order chi connectivity index (χ1) is 12.0. The fourth-order valence-corrected chi connectivity index (χ4v) is 16.4. The summed E-state index contributed by atoms with van der Waals surface area (Å²) in [4.78, 5) is 0. The molecule has 0 amide bonds. The predicted octanol–water partition coefficient (Wildman–Crippen LogP) is 7.94. The van der Waals surface area contributed by atoms with Crippen molar-refractivity contribution in [2.45, 2.75) is 115 Å². The molecule has 2 nitrogen and oxygen atoms in total. The average Bonchev–Trinajstić information content (AvgIpc) is 2.66. The molecule has 148 valence electrons. The zero-order valence-corrected chi connectivity index (χ0v) is 18.7. The van der Waals surface area contributed by atoms with Crippen LogP contribution in [0.2, 0.25) is 0 Å². The minimum absolute atomic E-state index is 0.404. The van der Waals surface area contributed by atoms with E-state index >= 15 is 0 Å². The molecule has 0 bridgehead atoms. The summed E-state index contributed by atoms with van der Waals surface area (Å²) in [5.41, 5.74) is 0.807. The molecule has 0 aromatic heterocycles. The van der Waals surface area contributed by atoms with Crippen LogP contribution in [0.3, 0.4) is 0 Å². The van der Waals surface area contributed by atoms with Gasteiger partial charge in [-0.15, -0.1) is 0 Å². The van der Waals surface area contributed by atoms with Crippen LogP contribution in [0.25, 0.3) is 0 Å². The normalized spacial score (nSPS) is 21.5. The van der Waals surface area contributed by atoms with Gasteiger partial charge in [0.05, 0.1) is 13.0 Å². The van der Waals surface area contributed by atoms with Crippen molar-refractivity contribution in [3.8, 4) is 0 Å². The zero-order chi connectivity index (χ0) is 18.2. The van der Waals surface area contributed by atoms with Crippen LogP contribution in [0.5, 0.6) is 0 Å². The molecule has 2 aliphatic carbocycles. The third-order valence-electron chi connectivity index (χ3n) is 6.70. The van der Waals surface area contributed by atoms with Gasteiger partial charge in [-0.2, -0.15) is 0 Å². The molecular formula is C21H42O2P2. The van der Waals surface area contributed by atoms with Gasteiger partial charge in [-0.1, -0.05) is 65.2 Å². The van der Waals surface area contributed by atoms with Crippen LogP contribution in [-0.2, 0) is 9.13 Å². The lowest BCUT2D eigenvalue weighted by Gasteiger charge is -2.40. The van der Waals surface area contributed by atoms with Gasteiger partial charge in [0.25, 0.3) is 0 Å². The van der Waals surface area contributed by atoms with Crippen LogP contribution < -0.4 is 0 Å². The van der Waals surface area contributed by atoms with Crippen LogP contribution in [0.4, 0.5) is 0 Å². The van der Waals surface area contributed by atoms with Gasteiger partial charge in [-0.3, -0.25) is 0 Å². The molecule has 4 heteroatoms. The highest BCUT2D eigenvalue weighted by Gasteiger charge is 2.44. The summed E-state index contributed by atoms with van der Waals surface area (Å²) >= 11 is 0. The third-order valence-corrected chi connectivity index (χ3v) is 16.3. The van der Waals surface area contributed by atoms with Crippen molar-refractivity contribution < 1.29 is 9.13 Å². The molecule has 0 saturated heterocycles. The number of rotatable bonds is 10. The maximum atomic E-state index is 14.5. The van der Waals surface area contributed by atoms with E-state index in [4.69, 9.17) is 0 Å². The second-order valence-electron chi connectivity index (χ2n) is 8.79. The molecule has 2 rings (SSSR count). The van der Waals surface area contributed by atoms with Gasteiger partial charge in [-0.05, 0) is 38.5 Å². The van der Waals surface area contributed by atoms with Crippen LogP contribution in [0.15, 0.2) is 0 Å². The Kier molecular flexibility index (Phi) is 9.32. The van der Waals surface area contributed by atoms with E-state index in [0.29, 0.717) is 17.2 Å². The van der Waals surface area contributed by atoms with Crippen molar-refractivity contribution in [2.75, 3.05) is 18.2 Å². The minimum atomic E-state index is -2.34. The first kappa shape index (κ1) is 21.8. The first-order valence-corrected chi connectivity index (χ1v) is 15.5. The van der Waals surface area contributed by atoms with Crippen molar-refractivity contribution in [1.82, 2.24) is 0 Å². The molecule has 0 unspecified atom stereocenters. The zero-order valence-electron chi connectivity index (χ0n) is 16.9. The molecule has 0 aromatic carbocycles. The third kappa shape index (κ3) is 6.24. The lowest BCUT2D eigenvalue weighted by atomic mass is 9.99. The maximum absolute atomic E-state index is 14.5. The number of hydrogen-bond donors (Lipinski definition) is 0. The maximum Gasteiger partial charge on any atom is 0.101 e. The summed E-state index contributed by atoms with van der Waals surface area (Å²) in [6.07, 6.45) is 18.2. The molecule has 0 spiro atoms. The molecule has 2 saturated carbocycles. The quantitative estimate of drug-likeness (QED) is 0.356. The minimum Gasteiger partial charge on any atom is -0.323 e. The van der Waals surface area contributed by atoms with Crippen molar-refractivity contribution in [3.05, 3.63) is 0 Å². The van der Waals surface area contributed by atoms with E-state index in [1.165, 1.54) is 38.5 Å². The van der Waals surface area contributed by atoms with E-state index in [-0.39, 0.29) is 0 Å². The summed E-state index contributed by atoms with van der Waals surface area (Å²) < 4.78 is 28.4. The Labute approximate surface area is 157 Å². The first-order valence-electron chi connectivity index (χ1n) is 11.2. The van der Waals surface area contributed by atoms with E-state index in [0.717, 1.165) is 63.7 Å². The van der Waals surface area contributed by atoms with Crippen molar-refractivity contribution in [3.63, 3.8) is 0 Å². The molecule has 0 aliphatic heterocycles. The van der Waals surface area contributed by atoms with Crippen molar-refractivity contribution in [1.29, 1.82) is 0 Å². The second-order valence-corrected chi connectivity index (χ2v) is 16.1. The molecule has 0 N–H and O–H groups in total. The molecule has 0 heterocycles. The van der Waals surface area contributed by atoms with E-state index in [9.17, 15) is 9.13 Å². The van der Waals surface area contributed by atoms with Gasteiger partial charge in [0, 0.05) is 23.6 Å². The highest BCUT2D eigenvalue weighted by atomic mass is 31.2. The summed E-state index contributed by atoms with van der Waals surface area (Å²) in [5, 5.41) is 0. The lowest BCUT2D eigenvalue weighted by molar-refractivity contribution is 0.449.